The van der Waals surface area contributed by atoms with Crippen molar-refractivity contribution < 1.29 is 10.2 Å². The number of nitrogens with two attached hydrogens (primary N) is 1. The lowest BCUT2D eigenvalue weighted by molar-refractivity contribution is 0.0239. The van der Waals surface area contributed by atoms with Gasteiger partial charge in [-0.3, -0.25) is 0 Å². The van der Waals surface area contributed by atoms with Gasteiger partial charge in [0.1, 0.15) is 6.10 Å². The molecule has 2 atom stereocenters. The first-order valence-corrected chi connectivity index (χ1v) is 5.11. The van der Waals surface area contributed by atoms with Crippen LogP contribution in [0.5, 0.6) is 0 Å². The highest BCUT2D eigenvalue weighted by atomic mass is 16.3. The fourth-order valence-electron chi connectivity index (χ4n) is 1.64. The third kappa shape index (κ3) is 2.56. The Labute approximate surface area is 90.5 Å². The average Bonchev–Trinajstić information content (AvgIpc) is 2.21. The fourth-order valence-corrected chi connectivity index (χ4v) is 1.64. The van der Waals surface area contributed by atoms with Crippen molar-refractivity contribution in [1.82, 2.24) is 0 Å². The molecule has 4 N–H and O–H groups in total. The highest BCUT2D eigenvalue weighted by Gasteiger charge is 2.19. The van der Waals surface area contributed by atoms with Gasteiger partial charge in [-0.1, -0.05) is 12.1 Å². The van der Waals surface area contributed by atoms with E-state index < -0.39 is 12.2 Å². The molecule has 0 spiro atoms. The lowest BCUT2D eigenvalue weighted by Crippen LogP contribution is -2.27. The van der Waals surface area contributed by atoms with Crippen LogP contribution in [0.1, 0.15) is 28.4 Å². The summed E-state index contributed by atoms with van der Waals surface area (Å²) in [5.74, 6) is 0. The van der Waals surface area contributed by atoms with Crippen LogP contribution in [0.25, 0.3) is 0 Å². The summed E-state index contributed by atoms with van der Waals surface area (Å²) in [7, 11) is 0. The first-order valence-electron chi connectivity index (χ1n) is 5.11. The molecule has 15 heavy (non-hydrogen) atoms. The third-order valence-electron chi connectivity index (χ3n) is 2.81. The predicted molar refractivity (Wildman–Crippen MR) is 60.7 cm³/mol. The molecule has 0 bridgehead atoms. The number of benzene rings is 1. The van der Waals surface area contributed by atoms with Crippen LogP contribution in [0.15, 0.2) is 12.1 Å². The van der Waals surface area contributed by atoms with Gasteiger partial charge in [-0.15, -0.1) is 0 Å². The number of hydrogen-bond donors (Lipinski definition) is 3. The molecule has 1 aromatic carbocycles. The van der Waals surface area contributed by atoms with Crippen LogP contribution in [0, 0.1) is 20.8 Å². The summed E-state index contributed by atoms with van der Waals surface area (Å²) in [6.07, 6.45) is -1.79. The van der Waals surface area contributed by atoms with Crippen LogP contribution in [0.4, 0.5) is 0 Å². The van der Waals surface area contributed by atoms with Crippen molar-refractivity contribution in [2.24, 2.45) is 5.73 Å². The fraction of sp³-hybridized carbons (Fsp3) is 0.500. The second-order valence-electron chi connectivity index (χ2n) is 4.04. The van der Waals surface area contributed by atoms with Gasteiger partial charge in [0.2, 0.25) is 0 Å². The molecule has 0 aliphatic carbocycles. The zero-order valence-corrected chi connectivity index (χ0v) is 9.49. The van der Waals surface area contributed by atoms with Crippen molar-refractivity contribution >= 4 is 0 Å². The van der Waals surface area contributed by atoms with Crippen molar-refractivity contribution in [1.29, 1.82) is 0 Å². The van der Waals surface area contributed by atoms with Crippen LogP contribution >= 0.6 is 0 Å². The zero-order valence-electron chi connectivity index (χ0n) is 9.49. The van der Waals surface area contributed by atoms with Gasteiger partial charge in [0.25, 0.3) is 0 Å². The van der Waals surface area contributed by atoms with E-state index in [1.807, 2.05) is 32.9 Å². The van der Waals surface area contributed by atoms with E-state index in [2.05, 4.69) is 0 Å². The van der Waals surface area contributed by atoms with Crippen molar-refractivity contribution in [3.05, 3.63) is 34.4 Å². The van der Waals surface area contributed by atoms with Crippen LogP contribution < -0.4 is 5.73 Å². The van der Waals surface area contributed by atoms with Gasteiger partial charge in [0.05, 0.1) is 6.10 Å². The maximum atomic E-state index is 9.86. The molecule has 0 aliphatic rings. The SMILES string of the molecule is Cc1cc(C)c(C(O)C(O)CN)cc1C. The van der Waals surface area contributed by atoms with Gasteiger partial charge < -0.3 is 15.9 Å². The maximum Gasteiger partial charge on any atom is 0.106 e. The minimum absolute atomic E-state index is 0.0630. The van der Waals surface area contributed by atoms with E-state index in [0.29, 0.717) is 0 Å². The average molecular weight is 209 g/mol. The Bertz CT molecular complexity index is 350. The van der Waals surface area contributed by atoms with E-state index >= 15 is 0 Å². The summed E-state index contributed by atoms with van der Waals surface area (Å²) in [6, 6.07) is 3.92. The monoisotopic (exact) mass is 209 g/mol. The largest absolute Gasteiger partial charge is 0.389 e. The molecule has 3 heteroatoms. The minimum atomic E-state index is -0.897. The standard InChI is InChI=1S/C12H19NO2/c1-7-4-9(3)10(5-8(7)2)12(15)11(14)6-13/h4-5,11-12,14-15H,6,13H2,1-3H3. The molecule has 1 rings (SSSR count). The molecule has 84 valence electrons. The zero-order chi connectivity index (χ0) is 11.6. The summed E-state index contributed by atoms with van der Waals surface area (Å²) in [5, 5.41) is 19.3. The van der Waals surface area contributed by atoms with Gasteiger partial charge >= 0.3 is 0 Å². The molecule has 0 amide bonds. The van der Waals surface area contributed by atoms with E-state index in [1.54, 1.807) is 0 Å². The Morgan fingerprint density at radius 1 is 1.07 bits per heavy atom. The first kappa shape index (κ1) is 12.2. The van der Waals surface area contributed by atoms with Gasteiger partial charge in [0.15, 0.2) is 0 Å². The molecular weight excluding hydrogens is 190 g/mol. The second kappa shape index (κ2) is 4.75. The molecule has 0 heterocycles. The maximum absolute atomic E-state index is 9.86. The summed E-state index contributed by atoms with van der Waals surface area (Å²) < 4.78 is 0. The normalized spacial score (nSPS) is 15.1. The minimum Gasteiger partial charge on any atom is -0.389 e. The number of aryl methyl sites for hydroxylation is 3. The topological polar surface area (TPSA) is 66.5 Å². The first-order chi connectivity index (χ1) is 6.97. The second-order valence-corrected chi connectivity index (χ2v) is 4.04. The van der Waals surface area contributed by atoms with Crippen LogP contribution in [-0.4, -0.2) is 22.9 Å². The van der Waals surface area contributed by atoms with E-state index in [1.165, 1.54) is 5.56 Å². The number of aliphatic hydroxyl groups is 2. The van der Waals surface area contributed by atoms with Crippen LogP contribution in [0.2, 0.25) is 0 Å². The quantitative estimate of drug-likeness (QED) is 0.694. The van der Waals surface area contributed by atoms with E-state index in [0.717, 1.165) is 16.7 Å². The van der Waals surface area contributed by atoms with Gasteiger partial charge in [-0.25, -0.2) is 0 Å². The highest BCUT2D eigenvalue weighted by Crippen LogP contribution is 2.23. The predicted octanol–water partition coefficient (Wildman–Crippen LogP) is 0.965. The lowest BCUT2D eigenvalue weighted by atomic mass is 9.95. The van der Waals surface area contributed by atoms with E-state index in [4.69, 9.17) is 5.73 Å². The Morgan fingerprint density at radius 2 is 1.60 bits per heavy atom. The molecule has 2 unspecified atom stereocenters. The van der Waals surface area contributed by atoms with Crippen molar-refractivity contribution in [2.75, 3.05) is 6.54 Å². The van der Waals surface area contributed by atoms with E-state index in [-0.39, 0.29) is 6.54 Å². The Balaban J connectivity index is 3.09. The molecule has 1 aromatic rings. The summed E-state index contributed by atoms with van der Waals surface area (Å²) in [5.41, 5.74) is 9.36. The van der Waals surface area contributed by atoms with Gasteiger partial charge in [-0.2, -0.15) is 0 Å². The summed E-state index contributed by atoms with van der Waals surface area (Å²) in [6.45, 7) is 6.00. The van der Waals surface area contributed by atoms with Gasteiger partial charge in [0, 0.05) is 6.54 Å². The van der Waals surface area contributed by atoms with Crippen LogP contribution in [-0.2, 0) is 0 Å². The van der Waals surface area contributed by atoms with Crippen molar-refractivity contribution in [3.8, 4) is 0 Å². The van der Waals surface area contributed by atoms with Crippen molar-refractivity contribution in [2.45, 2.75) is 33.0 Å². The number of aliphatic hydroxyl groups excluding tert-OH is 2. The molecule has 0 radical (unpaired) electrons. The molecular formula is C12H19NO2. The Hall–Kier alpha value is -0.900. The number of hydrogen-bond acceptors (Lipinski definition) is 3. The van der Waals surface area contributed by atoms with Gasteiger partial charge in [-0.05, 0) is 43.0 Å². The molecule has 0 saturated heterocycles. The molecule has 0 fully saturated rings. The lowest BCUT2D eigenvalue weighted by Gasteiger charge is -2.19. The van der Waals surface area contributed by atoms with Crippen molar-refractivity contribution in [3.63, 3.8) is 0 Å². The van der Waals surface area contributed by atoms with Crippen LogP contribution in [0.3, 0.4) is 0 Å². The highest BCUT2D eigenvalue weighted by molar-refractivity contribution is 5.38. The van der Waals surface area contributed by atoms with E-state index in [9.17, 15) is 10.2 Å². The smallest absolute Gasteiger partial charge is 0.106 e. The molecule has 0 saturated carbocycles. The molecule has 0 aliphatic heterocycles. The summed E-state index contributed by atoms with van der Waals surface area (Å²) >= 11 is 0. The Kier molecular flexibility index (Phi) is 3.85. The molecule has 3 nitrogen and oxygen atoms in total. The molecule has 0 aromatic heterocycles. The Morgan fingerprint density at radius 3 is 2.13 bits per heavy atom. The number of rotatable bonds is 3. The summed E-state index contributed by atoms with van der Waals surface area (Å²) in [4.78, 5) is 0. The third-order valence-corrected chi connectivity index (χ3v) is 2.81.